The molecule has 1 fully saturated rings. The lowest BCUT2D eigenvalue weighted by atomic mass is 10.1. The number of hydroxylamine groups is 2. The van der Waals surface area contributed by atoms with Crippen molar-refractivity contribution in [1.82, 2.24) is 24.6 Å². The molecule has 3 N–H and O–H groups in total. The third-order valence-corrected chi connectivity index (χ3v) is 5.76. The van der Waals surface area contributed by atoms with Gasteiger partial charge in [0.05, 0.1) is 31.0 Å². The fourth-order valence-corrected chi connectivity index (χ4v) is 4.15. The second kappa shape index (κ2) is 9.00. The first kappa shape index (κ1) is 23.4. The minimum Gasteiger partial charge on any atom is -0.480 e. The van der Waals surface area contributed by atoms with Crippen molar-refractivity contribution in [3.63, 3.8) is 0 Å². The van der Waals surface area contributed by atoms with Gasteiger partial charge in [-0.25, -0.2) is 19.3 Å². The van der Waals surface area contributed by atoms with Crippen LogP contribution in [-0.2, 0) is 11.0 Å². The number of nitrogens with zero attached hydrogens (tertiary/aromatic N) is 5. The molecule has 2 amide bonds. The largest absolute Gasteiger partial charge is 0.480 e. The fourth-order valence-electron chi connectivity index (χ4n) is 4.15. The number of nitrogens with one attached hydrogen (secondary N) is 1. The molecule has 36 heavy (non-hydrogen) atoms. The van der Waals surface area contributed by atoms with E-state index in [0.29, 0.717) is 13.0 Å². The molecule has 5 rings (SSSR count). The zero-order valence-corrected chi connectivity index (χ0v) is 18.9. The van der Waals surface area contributed by atoms with E-state index < -0.39 is 17.8 Å². The lowest BCUT2D eigenvalue weighted by Gasteiger charge is -2.23. The van der Waals surface area contributed by atoms with Gasteiger partial charge in [0.25, 0.3) is 0 Å². The van der Waals surface area contributed by atoms with Crippen molar-refractivity contribution < 1.29 is 27.5 Å². The van der Waals surface area contributed by atoms with E-state index in [2.05, 4.69) is 20.4 Å². The highest BCUT2D eigenvalue weighted by atomic mass is 19.4. The summed E-state index contributed by atoms with van der Waals surface area (Å²) in [5, 5.41) is 7.86. The molecule has 3 aromatic heterocycles. The Labute approximate surface area is 202 Å². The third-order valence-electron chi connectivity index (χ3n) is 5.76. The maximum Gasteiger partial charge on any atom is 0.418 e. The lowest BCUT2D eigenvalue weighted by Crippen LogP contribution is -2.33. The zero-order valence-electron chi connectivity index (χ0n) is 18.9. The van der Waals surface area contributed by atoms with Crippen LogP contribution in [0.15, 0.2) is 55.0 Å². The summed E-state index contributed by atoms with van der Waals surface area (Å²) in [7, 11) is 1.36. The Kier molecular flexibility index (Phi) is 5.84. The summed E-state index contributed by atoms with van der Waals surface area (Å²) in [5.74, 6) is -0.259. The number of nitrogens with two attached hydrogens (primary N) is 1. The number of nitrogen functional groups attached to an aromatic ring is 1. The van der Waals surface area contributed by atoms with Gasteiger partial charge < -0.3 is 15.8 Å². The van der Waals surface area contributed by atoms with E-state index in [-0.39, 0.29) is 40.2 Å². The maximum atomic E-state index is 13.7. The Morgan fingerprint density at radius 2 is 2.00 bits per heavy atom. The van der Waals surface area contributed by atoms with Crippen molar-refractivity contribution in [1.29, 1.82) is 0 Å². The summed E-state index contributed by atoms with van der Waals surface area (Å²) < 4.78 is 47.4. The number of carbonyl (C=O) groups is 1. The fraction of sp³-hybridized carbons (Fsp3) is 0.217. The summed E-state index contributed by atoms with van der Waals surface area (Å²) in [5.41, 5.74) is 5.68. The number of amides is 2. The van der Waals surface area contributed by atoms with Gasteiger partial charge in [-0.3, -0.25) is 4.84 Å². The predicted octanol–water partition coefficient (Wildman–Crippen LogP) is 4.31. The number of fused-ring (bicyclic) bond motifs is 1. The van der Waals surface area contributed by atoms with Gasteiger partial charge in [-0.05, 0) is 17.7 Å². The summed E-state index contributed by atoms with van der Waals surface area (Å²) in [6.07, 6.45) is -1.73. The van der Waals surface area contributed by atoms with E-state index in [1.54, 1.807) is 0 Å². The van der Waals surface area contributed by atoms with Crippen LogP contribution in [0.3, 0.4) is 0 Å². The third kappa shape index (κ3) is 4.13. The molecule has 186 valence electrons. The highest BCUT2D eigenvalue weighted by Gasteiger charge is 2.37. The monoisotopic (exact) mass is 499 g/mol. The number of alkyl halides is 3. The first-order valence-corrected chi connectivity index (χ1v) is 10.8. The summed E-state index contributed by atoms with van der Waals surface area (Å²) in [6, 6.07) is 10.9. The van der Waals surface area contributed by atoms with Crippen LogP contribution in [0.4, 0.5) is 29.5 Å². The molecule has 13 heteroatoms. The molecule has 1 aliphatic heterocycles. The van der Waals surface area contributed by atoms with E-state index in [4.69, 9.17) is 15.3 Å². The Morgan fingerprint density at radius 1 is 1.22 bits per heavy atom. The normalized spacial score (nSPS) is 15.9. The van der Waals surface area contributed by atoms with Gasteiger partial charge in [-0.15, -0.1) is 0 Å². The van der Waals surface area contributed by atoms with E-state index >= 15 is 0 Å². The summed E-state index contributed by atoms with van der Waals surface area (Å²) in [6.45, 7) is 0.347. The Morgan fingerprint density at radius 3 is 2.72 bits per heavy atom. The van der Waals surface area contributed by atoms with E-state index in [1.807, 2.05) is 30.3 Å². The number of hydrogen-bond donors (Lipinski definition) is 2. The minimum atomic E-state index is -4.70. The van der Waals surface area contributed by atoms with Crippen molar-refractivity contribution >= 4 is 23.1 Å². The highest BCUT2D eigenvalue weighted by Crippen LogP contribution is 2.39. The van der Waals surface area contributed by atoms with Crippen molar-refractivity contribution in [2.75, 3.05) is 24.8 Å². The Bertz CT molecular complexity index is 1430. The van der Waals surface area contributed by atoms with E-state index in [0.717, 1.165) is 22.5 Å². The Hall–Kier alpha value is -4.39. The highest BCUT2D eigenvalue weighted by molar-refractivity contribution is 5.91. The molecule has 10 nitrogen and oxygen atoms in total. The van der Waals surface area contributed by atoms with Crippen LogP contribution in [-0.4, -0.2) is 44.4 Å². The second-order valence-corrected chi connectivity index (χ2v) is 7.93. The number of pyridine rings is 1. The summed E-state index contributed by atoms with van der Waals surface area (Å²) >= 11 is 0. The first-order valence-electron chi connectivity index (χ1n) is 10.8. The smallest absolute Gasteiger partial charge is 0.418 e. The van der Waals surface area contributed by atoms with Crippen LogP contribution < -0.4 is 15.8 Å². The molecule has 4 aromatic rings. The predicted molar refractivity (Wildman–Crippen MR) is 123 cm³/mol. The zero-order chi connectivity index (χ0) is 25.4. The number of urea groups is 1. The molecule has 0 saturated carbocycles. The molecule has 0 bridgehead atoms. The number of benzene rings is 1. The second-order valence-electron chi connectivity index (χ2n) is 7.93. The first-order chi connectivity index (χ1) is 17.3. The van der Waals surface area contributed by atoms with Crippen molar-refractivity contribution in [2.45, 2.75) is 18.6 Å². The molecule has 1 atom stereocenters. The van der Waals surface area contributed by atoms with Crippen molar-refractivity contribution in [3.05, 3.63) is 66.1 Å². The quantitative estimate of drug-likeness (QED) is 0.429. The number of rotatable bonds is 4. The van der Waals surface area contributed by atoms with Gasteiger partial charge in [0.15, 0.2) is 5.82 Å². The molecule has 0 spiro atoms. The molecular weight excluding hydrogens is 479 g/mol. The number of carbonyl (C=O) groups excluding carboxylic acids is 1. The van der Waals surface area contributed by atoms with Gasteiger partial charge in [0, 0.05) is 18.2 Å². The molecule has 1 aliphatic rings. The summed E-state index contributed by atoms with van der Waals surface area (Å²) in [4.78, 5) is 26.5. The molecule has 1 unspecified atom stereocenters. The van der Waals surface area contributed by atoms with Gasteiger partial charge in [-0.1, -0.05) is 30.3 Å². The number of anilines is 2. The molecule has 1 aromatic carbocycles. The SMILES string of the molecule is COc1ncc(-c2cc(C(F)(F)F)c3c(N)ncnn23)cc1NC(=O)N1OCCC1c1ccccc1. The number of methoxy groups -OCH3 is 1. The number of ether oxygens (including phenoxy) is 1. The average Bonchev–Trinajstić information content (AvgIpc) is 3.51. The number of halogens is 3. The van der Waals surface area contributed by atoms with Crippen molar-refractivity contribution in [3.8, 4) is 17.1 Å². The van der Waals surface area contributed by atoms with Gasteiger partial charge >= 0.3 is 12.2 Å². The van der Waals surface area contributed by atoms with Gasteiger partial charge in [0.2, 0.25) is 5.88 Å². The van der Waals surface area contributed by atoms with Crippen LogP contribution in [0.1, 0.15) is 23.6 Å². The van der Waals surface area contributed by atoms with Crippen LogP contribution >= 0.6 is 0 Å². The molecular formula is C23H20F3N7O3. The topological polar surface area (TPSA) is 120 Å². The van der Waals surface area contributed by atoms with Crippen LogP contribution in [0.25, 0.3) is 16.8 Å². The van der Waals surface area contributed by atoms with Crippen LogP contribution in [0.2, 0.25) is 0 Å². The number of hydrogen-bond acceptors (Lipinski definition) is 7. The number of aromatic nitrogens is 4. The van der Waals surface area contributed by atoms with Crippen LogP contribution in [0, 0.1) is 0 Å². The molecule has 0 aliphatic carbocycles. The standard InChI is InChI=1S/C23H20F3N7O3/c1-35-21-16(31-22(34)33-17(7-8-36-33)13-5-3-2-4-6-13)9-14(11-28-21)18-10-15(23(24,25)26)19-20(27)29-12-30-32(18)19/h2-6,9-12,17H,7-8H2,1H3,(H,31,34)(H2,27,29,30). The Balaban J connectivity index is 1.52. The van der Waals surface area contributed by atoms with Gasteiger partial charge in [-0.2, -0.15) is 23.3 Å². The van der Waals surface area contributed by atoms with Crippen molar-refractivity contribution in [2.24, 2.45) is 0 Å². The maximum absolute atomic E-state index is 13.7. The van der Waals surface area contributed by atoms with Gasteiger partial charge in [0.1, 0.15) is 17.5 Å². The van der Waals surface area contributed by atoms with Crippen LogP contribution in [0.5, 0.6) is 5.88 Å². The average molecular weight is 499 g/mol. The molecule has 4 heterocycles. The lowest BCUT2D eigenvalue weighted by molar-refractivity contribution is -0.136. The van der Waals surface area contributed by atoms with E-state index in [1.165, 1.54) is 24.4 Å². The molecule has 1 saturated heterocycles. The molecule has 0 radical (unpaired) electrons. The van der Waals surface area contributed by atoms with E-state index in [9.17, 15) is 18.0 Å². The minimum absolute atomic E-state index is 0.0525.